The van der Waals surface area contributed by atoms with Crippen LogP contribution in [0, 0.1) is 5.82 Å². The minimum absolute atomic E-state index is 0.00881. The third kappa shape index (κ3) is 4.46. The van der Waals surface area contributed by atoms with Gasteiger partial charge in [0.05, 0.1) is 6.61 Å². The molecule has 0 saturated carbocycles. The number of ether oxygens (including phenoxy) is 2. The maximum atomic E-state index is 13.8. The predicted octanol–water partition coefficient (Wildman–Crippen LogP) is 4.07. The van der Waals surface area contributed by atoms with Crippen LogP contribution in [0.3, 0.4) is 0 Å². The van der Waals surface area contributed by atoms with Gasteiger partial charge in [0, 0.05) is 5.56 Å². The van der Waals surface area contributed by atoms with Crippen molar-refractivity contribution < 1.29 is 23.3 Å². The van der Waals surface area contributed by atoms with Crippen LogP contribution in [0.1, 0.15) is 20.3 Å². The van der Waals surface area contributed by atoms with Crippen molar-refractivity contribution in [1.29, 1.82) is 0 Å². The number of aromatic nitrogens is 2. The first kappa shape index (κ1) is 19.3. The third-order valence-corrected chi connectivity index (χ3v) is 3.94. The van der Waals surface area contributed by atoms with E-state index in [1.165, 1.54) is 12.1 Å². The molecule has 28 heavy (non-hydrogen) atoms. The minimum atomic E-state index is -0.901. The smallest absolute Gasteiger partial charge is 0.266 e. The van der Waals surface area contributed by atoms with Gasteiger partial charge in [0.15, 0.2) is 23.4 Å². The number of nitrogens with zero attached hydrogens (tertiary/aromatic N) is 2. The second-order valence-corrected chi connectivity index (χ2v) is 5.85. The number of carbonyl (C=O) groups excluding carboxylic acids is 1. The lowest BCUT2D eigenvalue weighted by Gasteiger charge is -2.17. The Kier molecular flexibility index (Phi) is 6.21. The molecule has 146 valence electrons. The lowest BCUT2D eigenvalue weighted by Crippen LogP contribution is -2.32. The normalized spacial score (nSPS) is 11.7. The number of carbonyl (C=O) groups is 1. The molecule has 1 heterocycles. The molecule has 1 amide bonds. The Balaban J connectivity index is 1.73. The molecule has 0 spiro atoms. The molecule has 1 aromatic heterocycles. The summed E-state index contributed by atoms with van der Waals surface area (Å²) >= 11 is 0. The van der Waals surface area contributed by atoms with Crippen molar-refractivity contribution in [3.8, 4) is 22.8 Å². The SMILES string of the molecule is CCOc1ccc(-c2nonc2NC(=O)C(CC)Oc2ccccc2F)cc1. The van der Waals surface area contributed by atoms with Crippen LogP contribution in [-0.2, 0) is 4.79 Å². The Bertz CT molecular complexity index is 927. The fourth-order valence-electron chi connectivity index (χ4n) is 2.55. The summed E-state index contributed by atoms with van der Waals surface area (Å²) in [6, 6.07) is 13.1. The summed E-state index contributed by atoms with van der Waals surface area (Å²) in [5, 5.41) is 10.2. The van der Waals surface area contributed by atoms with Gasteiger partial charge in [-0.05, 0) is 60.1 Å². The highest BCUT2D eigenvalue weighted by Gasteiger charge is 2.23. The number of anilines is 1. The maximum absolute atomic E-state index is 13.8. The van der Waals surface area contributed by atoms with Gasteiger partial charge in [-0.25, -0.2) is 9.02 Å². The van der Waals surface area contributed by atoms with E-state index in [4.69, 9.17) is 14.1 Å². The average Bonchev–Trinajstić information content (AvgIpc) is 3.16. The Morgan fingerprint density at radius 2 is 1.89 bits per heavy atom. The molecule has 0 aliphatic rings. The van der Waals surface area contributed by atoms with Crippen LogP contribution in [0.15, 0.2) is 53.2 Å². The van der Waals surface area contributed by atoms with E-state index in [0.717, 1.165) is 5.75 Å². The second-order valence-electron chi connectivity index (χ2n) is 5.85. The fourth-order valence-corrected chi connectivity index (χ4v) is 2.55. The van der Waals surface area contributed by atoms with Gasteiger partial charge in [0.1, 0.15) is 5.75 Å². The molecule has 3 aromatic rings. The summed E-state index contributed by atoms with van der Waals surface area (Å²) in [5.41, 5.74) is 1.07. The molecule has 3 rings (SSSR count). The first-order valence-electron chi connectivity index (χ1n) is 8.90. The van der Waals surface area contributed by atoms with Gasteiger partial charge in [-0.1, -0.05) is 19.1 Å². The lowest BCUT2D eigenvalue weighted by molar-refractivity contribution is -0.122. The van der Waals surface area contributed by atoms with Gasteiger partial charge in [-0.2, -0.15) is 0 Å². The zero-order valence-corrected chi connectivity index (χ0v) is 15.5. The summed E-state index contributed by atoms with van der Waals surface area (Å²) in [4.78, 5) is 12.6. The summed E-state index contributed by atoms with van der Waals surface area (Å²) in [5.74, 6) is -0.127. The average molecular weight is 385 g/mol. The van der Waals surface area contributed by atoms with E-state index in [1.54, 1.807) is 43.3 Å². The van der Waals surface area contributed by atoms with Crippen LogP contribution in [0.5, 0.6) is 11.5 Å². The molecule has 0 aliphatic heterocycles. The molecule has 0 saturated heterocycles. The van der Waals surface area contributed by atoms with Gasteiger partial charge >= 0.3 is 0 Å². The number of hydrogen-bond acceptors (Lipinski definition) is 6. The highest BCUT2D eigenvalue weighted by atomic mass is 19.1. The predicted molar refractivity (Wildman–Crippen MR) is 101 cm³/mol. The van der Waals surface area contributed by atoms with E-state index in [-0.39, 0.29) is 11.6 Å². The van der Waals surface area contributed by atoms with Crippen LogP contribution < -0.4 is 14.8 Å². The topological polar surface area (TPSA) is 86.5 Å². The van der Waals surface area contributed by atoms with E-state index < -0.39 is 17.8 Å². The Hall–Kier alpha value is -3.42. The number of amides is 1. The molecular weight excluding hydrogens is 365 g/mol. The lowest BCUT2D eigenvalue weighted by atomic mass is 10.1. The molecule has 1 atom stereocenters. The number of nitrogens with one attached hydrogen (secondary N) is 1. The van der Waals surface area contributed by atoms with Gasteiger partial charge in [0.25, 0.3) is 5.91 Å². The van der Waals surface area contributed by atoms with E-state index in [9.17, 15) is 9.18 Å². The van der Waals surface area contributed by atoms with Crippen LogP contribution >= 0.6 is 0 Å². The van der Waals surface area contributed by atoms with Crippen LogP contribution in [-0.4, -0.2) is 28.9 Å². The van der Waals surface area contributed by atoms with E-state index >= 15 is 0 Å². The van der Waals surface area contributed by atoms with E-state index in [1.807, 2.05) is 6.92 Å². The van der Waals surface area contributed by atoms with Crippen molar-refractivity contribution >= 4 is 11.7 Å². The molecular formula is C20H20FN3O4. The zero-order chi connectivity index (χ0) is 19.9. The largest absolute Gasteiger partial charge is 0.494 e. The standard InChI is InChI=1S/C20H20FN3O4/c1-3-16(27-17-8-6-5-7-15(17)21)20(25)22-19-18(23-28-24-19)13-9-11-14(12-10-13)26-4-2/h5-12,16H,3-4H2,1-2H3,(H,22,24,25). The Labute approximate surface area is 161 Å². The van der Waals surface area contributed by atoms with E-state index in [0.29, 0.717) is 24.3 Å². The number of benzene rings is 2. The minimum Gasteiger partial charge on any atom is -0.494 e. The van der Waals surface area contributed by atoms with Crippen molar-refractivity contribution in [2.24, 2.45) is 0 Å². The van der Waals surface area contributed by atoms with Crippen molar-refractivity contribution in [2.45, 2.75) is 26.4 Å². The molecule has 8 heteroatoms. The van der Waals surface area contributed by atoms with Crippen LogP contribution in [0.25, 0.3) is 11.3 Å². The first-order chi connectivity index (χ1) is 13.6. The van der Waals surface area contributed by atoms with Crippen molar-refractivity contribution in [2.75, 3.05) is 11.9 Å². The van der Waals surface area contributed by atoms with Gasteiger partial charge in [-0.3, -0.25) is 4.79 Å². The molecule has 1 N–H and O–H groups in total. The van der Waals surface area contributed by atoms with E-state index in [2.05, 4.69) is 15.6 Å². The monoisotopic (exact) mass is 385 g/mol. The Morgan fingerprint density at radius 3 is 2.57 bits per heavy atom. The molecule has 0 radical (unpaired) electrons. The van der Waals surface area contributed by atoms with Gasteiger partial charge < -0.3 is 14.8 Å². The summed E-state index contributed by atoms with van der Waals surface area (Å²) in [6.45, 7) is 4.22. The number of hydrogen-bond donors (Lipinski definition) is 1. The van der Waals surface area contributed by atoms with Gasteiger partial charge in [0.2, 0.25) is 5.82 Å². The summed E-state index contributed by atoms with van der Waals surface area (Å²) in [7, 11) is 0. The highest BCUT2D eigenvalue weighted by molar-refractivity contribution is 5.96. The molecule has 7 nitrogen and oxygen atoms in total. The molecule has 0 fully saturated rings. The summed E-state index contributed by atoms with van der Waals surface area (Å²) < 4.78 is 29.5. The zero-order valence-electron chi connectivity index (χ0n) is 15.5. The first-order valence-corrected chi connectivity index (χ1v) is 8.90. The van der Waals surface area contributed by atoms with Crippen molar-refractivity contribution in [1.82, 2.24) is 10.3 Å². The van der Waals surface area contributed by atoms with Crippen molar-refractivity contribution in [3.63, 3.8) is 0 Å². The molecule has 0 bridgehead atoms. The number of para-hydroxylation sites is 1. The highest BCUT2D eigenvalue weighted by Crippen LogP contribution is 2.27. The maximum Gasteiger partial charge on any atom is 0.266 e. The third-order valence-electron chi connectivity index (χ3n) is 3.94. The van der Waals surface area contributed by atoms with Crippen molar-refractivity contribution in [3.05, 3.63) is 54.3 Å². The quantitative estimate of drug-likeness (QED) is 0.629. The molecule has 0 aliphatic carbocycles. The fraction of sp³-hybridized carbons (Fsp3) is 0.250. The van der Waals surface area contributed by atoms with Crippen LogP contribution in [0.4, 0.5) is 10.2 Å². The van der Waals surface area contributed by atoms with Crippen LogP contribution in [0.2, 0.25) is 0 Å². The number of rotatable bonds is 8. The molecule has 2 aromatic carbocycles. The second kappa shape index (κ2) is 8.98. The van der Waals surface area contributed by atoms with Gasteiger partial charge in [-0.15, -0.1) is 0 Å². The molecule has 1 unspecified atom stereocenters. The Morgan fingerprint density at radius 1 is 1.14 bits per heavy atom. The summed E-state index contributed by atoms with van der Waals surface area (Å²) in [6.07, 6.45) is -0.564. The number of halogens is 1.